The zero-order valence-electron chi connectivity index (χ0n) is 12.3. The minimum Gasteiger partial charge on any atom is -0.492 e. The summed E-state index contributed by atoms with van der Waals surface area (Å²) in [5, 5.41) is 11.5. The fourth-order valence-electron chi connectivity index (χ4n) is 1.79. The van der Waals surface area contributed by atoms with E-state index in [1.807, 2.05) is 24.3 Å². The molecule has 1 atom stereocenters. The molecule has 120 valence electrons. The molecule has 0 heterocycles. The van der Waals surface area contributed by atoms with Crippen LogP contribution in [0, 0.1) is 0 Å². The molecule has 0 aliphatic heterocycles. The van der Waals surface area contributed by atoms with Crippen LogP contribution in [0.4, 0.5) is 0 Å². The first-order valence-corrected chi connectivity index (χ1v) is 7.84. The van der Waals surface area contributed by atoms with Crippen molar-refractivity contribution in [2.75, 3.05) is 6.61 Å². The first-order valence-electron chi connectivity index (χ1n) is 7.05. The monoisotopic (exact) mass is 369 g/mol. The molecule has 1 unspecified atom stereocenters. The van der Waals surface area contributed by atoms with Crippen LogP contribution in [0.25, 0.3) is 0 Å². The van der Waals surface area contributed by atoms with E-state index in [0.717, 1.165) is 10.2 Å². The lowest BCUT2D eigenvalue weighted by Gasteiger charge is -2.13. The molecule has 0 saturated carbocycles. The minimum atomic E-state index is -1.03. The average Bonchev–Trinajstić information content (AvgIpc) is 2.49. The molecule has 1 amide bonds. The number of nitrogens with one attached hydrogen (secondary N) is 1. The maximum Gasteiger partial charge on any atom is 0.326 e. The normalized spacial score (nSPS) is 11.5. The highest BCUT2D eigenvalue weighted by Crippen LogP contribution is 2.23. The number of para-hydroxylation sites is 1. The lowest BCUT2D eigenvalue weighted by molar-refractivity contribution is -0.142. The van der Waals surface area contributed by atoms with Crippen molar-refractivity contribution in [2.24, 2.45) is 0 Å². The van der Waals surface area contributed by atoms with Gasteiger partial charge in [0.25, 0.3) is 0 Å². The summed E-state index contributed by atoms with van der Waals surface area (Å²) in [4.78, 5) is 22.7. The third kappa shape index (κ3) is 6.76. The highest BCUT2D eigenvalue weighted by atomic mass is 79.9. The number of allylic oxidation sites excluding steroid dienone is 1. The summed E-state index contributed by atoms with van der Waals surface area (Å²) in [6.07, 6.45) is 3.26. The molecule has 0 saturated heterocycles. The van der Waals surface area contributed by atoms with Gasteiger partial charge in [-0.15, -0.1) is 6.58 Å². The van der Waals surface area contributed by atoms with E-state index >= 15 is 0 Å². The van der Waals surface area contributed by atoms with Gasteiger partial charge in [-0.3, -0.25) is 4.79 Å². The molecule has 1 aromatic carbocycles. The van der Waals surface area contributed by atoms with Gasteiger partial charge in [0.2, 0.25) is 5.91 Å². The van der Waals surface area contributed by atoms with Crippen molar-refractivity contribution in [1.29, 1.82) is 0 Å². The van der Waals surface area contributed by atoms with E-state index in [1.165, 1.54) is 0 Å². The number of hydrogen-bond acceptors (Lipinski definition) is 3. The summed E-state index contributed by atoms with van der Waals surface area (Å²) in [6.45, 7) is 3.93. The molecule has 6 heteroatoms. The zero-order valence-corrected chi connectivity index (χ0v) is 13.8. The number of benzene rings is 1. The Balaban J connectivity index is 2.29. The van der Waals surface area contributed by atoms with Gasteiger partial charge in [-0.05, 0) is 47.3 Å². The van der Waals surface area contributed by atoms with Crippen molar-refractivity contribution in [2.45, 2.75) is 31.7 Å². The van der Waals surface area contributed by atoms with Crippen molar-refractivity contribution in [3.63, 3.8) is 0 Å². The van der Waals surface area contributed by atoms with Gasteiger partial charge in [0, 0.05) is 6.42 Å². The highest BCUT2D eigenvalue weighted by molar-refractivity contribution is 9.10. The fraction of sp³-hybridized carbons (Fsp3) is 0.375. The number of ether oxygens (including phenoxy) is 1. The van der Waals surface area contributed by atoms with Crippen LogP contribution in [0.2, 0.25) is 0 Å². The molecular formula is C16H20BrNO4. The van der Waals surface area contributed by atoms with E-state index in [2.05, 4.69) is 27.8 Å². The quantitative estimate of drug-likeness (QED) is 0.490. The number of carboxylic acid groups (broad SMARTS) is 1. The van der Waals surface area contributed by atoms with Gasteiger partial charge in [-0.25, -0.2) is 4.79 Å². The van der Waals surface area contributed by atoms with Crippen LogP contribution in [-0.4, -0.2) is 29.6 Å². The molecule has 22 heavy (non-hydrogen) atoms. The lowest BCUT2D eigenvalue weighted by Crippen LogP contribution is -2.40. The van der Waals surface area contributed by atoms with Crippen LogP contribution >= 0.6 is 15.9 Å². The van der Waals surface area contributed by atoms with E-state index < -0.39 is 12.0 Å². The molecule has 0 fully saturated rings. The Bertz CT molecular complexity index is 519. The van der Waals surface area contributed by atoms with Crippen LogP contribution in [0.15, 0.2) is 41.4 Å². The standard InChI is InChI=1S/C16H20BrNO4/c1-2-3-8-13(16(20)21)18-15(19)10-6-11-22-14-9-5-4-7-12(14)17/h2,4-5,7,9,13H,1,3,6,8,10-11H2,(H,18,19)(H,20,21). The third-order valence-corrected chi connectivity index (χ3v) is 3.59. The van der Waals surface area contributed by atoms with E-state index in [1.54, 1.807) is 6.08 Å². The molecule has 0 aromatic heterocycles. The maximum absolute atomic E-state index is 11.7. The summed E-state index contributed by atoms with van der Waals surface area (Å²) < 4.78 is 6.40. The van der Waals surface area contributed by atoms with Crippen molar-refractivity contribution >= 4 is 27.8 Å². The van der Waals surface area contributed by atoms with Gasteiger partial charge in [0.05, 0.1) is 11.1 Å². The summed E-state index contributed by atoms with van der Waals surface area (Å²) in [5.41, 5.74) is 0. The summed E-state index contributed by atoms with van der Waals surface area (Å²) in [5.74, 6) is -0.593. The molecule has 0 aliphatic rings. The van der Waals surface area contributed by atoms with Crippen LogP contribution in [-0.2, 0) is 9.59 Å². The van der Waals surface area contributed by atoms with E-state index in [4.69, 9.17) is 9.84 Å². The van der Waals surface area contributed by atoms with Crippen molar-refractivity contribution < 1.29 is 19.4 Å². The molecule has 0 bridgehead atoms. The fourth-order valence-corrected chi connectivity index (χ4v) is 2.18. The predicted octanol–water partition coefficient (Wildman–Crippen LogP) is 3.14. The summed E-state index contributed by atoms with van der Waals surface area (Å²) in [7, 11) is 0. The number of amides is 1. The number of carbonyl (C=O) groups excluding carboxylic acids is 1. The Hall–Kier alpha value is -1.82. The largest absolute Gasteiger partial charge is 0.492 e. The number of carboxylic acids is 1. The van der Waals surface area contributed by atoms with Gasteiger partial charge in [0.1, 0.15) is 11.8 Å². The zero-order chi connectivity index (χ0) is 16.4. The van der Waals surface area contributed by atoms with Gasteiger partial charge >= 0.3 is 5.97 Å². The van der Waals surface area contributed by atoms with Crippen LogP contribution in [0.5, 0.6) is 5.75 Å². The van der Waals surface area contributed by atoms with Crippen molar-refractivity contribution in [1.82, 2.24) is 5.32 Å². The predicted molar refractivity (Wildman–Crippen MR) is 87.9 cm³/mol. The Labute approximate surface area is 138 Å². The van der Waals surface area contributed by atoms with Crippen LogP contribution in [0.3, 0.4) is 0 Å². The van der Waals surface area contributed by atoms with E-state index in [9.17, 15) is 9.59 Å². The number of hydrogen-bond donors (Lipinski definition) is 2. The Kier molecular flexibility index (Phi) is 8.28. The second-order valence-corrected chi connectivity index (χ2v) is 5.56. The molecule has 2 N–H and O–H groups in total. The second kappa shape index (κ2) is 10.00. The third-order valence-electron chi connectivity index (χ3n) is 2.94. The molecule has 0 radical (unpaired) electrons. The maximum atomic E-state index is 11.7. The Morgan fingerprint density at radius 1 is 1.41 bits per heavy atom. The van der Waals surface area contributed by atoms with E-state index in [0.29, 0.717) is 25.9 Å². The van der Waals surface area contributed by atoms with Gasteiger partial charge < -0.3 is 15.2 Å². The second-order valence-electron chi connectivity index (χ2n) is 4.71. The molecular weight excluding hydrogens is 350 g/mol. The molecule has 1 rings (SSSR count). The first-order chi connectivity index (χ1) is 10.5. The van der Waals surface area contributed by atoms with Crippen molar-refractivity contribution in [3.8, 4) is 5.75 Å². The summed E-state index contributed by atoms with van der Waals surface area (Å²) in [6, 6.07) is 6.59. The Morgan fingerprint density at radius 3 is 2.77 bits per heavy atom. The molecule has 1 aromatic rings. The van der Waals surface area contributed by atoms with Crippen LogP contribution in [0.1, 0.15) is 25.7 Å². The SMILES string of the molecule is C=CCCC(NC(=O)CCCOc1ccccc1Br)C(=O)O. The average molecular weight is 370 g/mol. The number of rotatable bonds is 10. The van der Waals surface area contributed by atoms with Gasteiger partial charge in [0.15, 0.2) is 0 Å². The Morgan fingerprint density at radius 2 is 2.14 bits per heavy atom. The lowest BCUT2D eigenvalue weighted by atomic mass is 10.1. The van der Waals surface area contributed by atoms with E-state index in [-0.39, 0.29) is 12.3 Å². The molecule has 0 spiro atoms. The molecule has 5 nitrogen and oxygen atoms in total. The van der Waals surface area contributed by atoms with Crippen molar-refractivity contribution in [3.05, 3.63) is 41.4 Å². The number of halogens is 1. The van der Waals surface area contributed by atoms with Gasteiger partial charge in [-0.1, -0.05) is 18.2 Å². The number of carbonyl (C=O) groups is 2. The highest BCUT2D eigenvalue weighted by Gasteiger charge is 2.18. The smallest absolute Gasteiger partial charge is 0.326 e. The van der Waals surface area contributed by atoms with Crippen LogP contribution < -0.4 is 10.1 Å². The summed E-state index contributed by atoms with van der Waals surface area (Å²) >= 11 is 3.37. The molecule has 0 aliphatic carbocycles. The number of aliphatic carboxylic acids is 1. The first kappa shape index (κ1) is 18.2. The topological polar surface area (TPSA) is 75.6 Å². The minimum absolute atomic E-state index is 0.225. The van der Waals surface area contributed by atoms with Gasteiger partial charge in [-0.2, -0.15) is 0 Å².